The van der Waals surface area contributed by atoms with Gasteiger partial charge < -0.3 is 9.64 Å². The Kier molecular flexibility index (Phi) is 6.69. The molecule has 0 spiro atoms. The summed E-state index contributed by atoms with van der Waals surface area (Å²) in [5.41, 5.74) is 4.46. The molecular weight excluding hydrogens is 359 g/mol. The monoisotopic (exact) mass is 380 g/mol. The minimum atomic E-state index is -0.911. The first-order valence-electron chi connectivity index (χ1n) is 8.34. The molecule has 1 atom stereocenters. The number of hydrazine groups is 1. The number of carbonyl (C=O) groups is 4. The van der Waals surface area contributed by atoms with Gasteiger partial charge in [0.25, 0.3) is 5.91 Å². The standard InChI is InChI=1S/C17H21FN4O5/c1-11(27-13-7-5-12(18)6-8-13)16(25)20-19-14(23)4-3-9-22-15(24)10-21(2)17(22)26/h5-8,11H,3-4,9-10H2,1-2H3,(H,19,23)(H,20,25)/t11-/m1/s1. The van der Waals surface area contributed by atoms with Crippen LogP contribution in [0.25, 0.3) is 0 Å². The van der Waals surface area contributed by atoms with E-state index < -0.39 is 23.7 Å². The Morgan fingerprint density at radius 3 is 2.48 bits per heavy atom. The number of likely N-dealkylation sites (N-methyl/N-ethyl adjacent to an activating group) is 1. The van der Waals surface area contributed by atoms with Crippen molar-refractivity contribution >= 4 is 23.8 Å². The van der Waals surface area contributed by atoms with E-state index in [0.29, 0.717) is 5.75 Å². The SMILES string of the molecule is C[C@@H](Oc1ccc(F)cc1)C(=O)NNC(=O)CCCN1C(=O)CN(C)C1=O. The van der Waals surface area contributed by atoms with Crippen LogP contribution in [0.5, 0.6) is 5.75 Å². The number of imide groups is 1. The molecule has 1 aromatic rings. The highest BCUT2D eigenvalue weighted by atomic mass is 19.1. The van der Waals surface area contributed by atoms with Crippen LogP contribution in [0, 0.1) is 5.82 Å². The van der Waals surface area contributed by atoms with E-state index in [1.54, 1.807) is 0 Å². The number of urea groups is 1. The summed E-state index contributed by atoms with van der Waals surface area (Å²) < 4.78 is 18.2. The van der Waals surface area contributed by atoms with E-state index in [9.17, 15) is 23.6 Å². The molecule has 27 heavy (non-hydrogen) atoms. The number of rotatable bonds is 7. The Labute approximate surface area is 155 Å². The molecule has 10 heteroatoms. The lowest BCUT2D eigenvalue weighted by Gasteiger charge is -2.16. The summed E-state index contributed by atoms with van der Waals surface area (Å²) in [5, 5.41) is 0. The molecule has 0 radical (unpaired) electrons. The third-order valence-electron chi connectivity index (χ3n) is 3.84. The third-order valence-corrected chi connectivity index (χ3v) is 3.84. The highest BCUT2D eigenvalue weighted by Gasteiger charge is 2.32. The van der Waals surface area contributed by atoms with Crippen molar-refractivity contribution in [2.75, 3.05) is 20.1 Å². The first kappa shape index (κ1) is 20.1. The second kappa shape index (κ2) is 8.97. The number of halogens is 1. The molecule has 1 aromatic carbocycles. The summed E-state index contributed by atoms with van der Waals surface area (Å²) in [4.78, 5) is 49.3. The van der Waals surface area contributed by atoms with Crippen LogP contribution >= 0.6 is 0 Å². The summed E-state index contributed by atoms with van der Waals surface area (Å²) in [5.74, 6) is -1.46. The molecule has 1 saturated heterocycles. The number of hydrogen-bond donors (Lipinski definition) is 2. The number of nitrogens with one attached hydrogen (secondary N) is 2. The van der Waals surface area contributed by atoms with Crippen molar-refractivity contribution in [3.8, 4) is 5.75 Å². The van der Waals surface area contributed by atoms with Crippen LogP contribution in [0.15, 0.2) is 24.3 Å². The smallest absolute Gasteiger partial charge is 0.326 e. The molecule has 1 aliphatic rings. The molecular formula is C17H21FN4O5. The molecule has 1 heterocycles. The normalized spacial score (nSPS) is 14.9. The molecule has 0 bridgehead atoms. The number of carbonyl (C=O) groups excluding carboxylic acids is 4. The van der Waals surface area contributed by atoms with Crippen LogP contribution in [0.3, 0.4) is 0 Å². The zero-order chi connectivity index (χ0) is 20.0. The van der Waals surface area contributed by atoms with Crippen LogP contribution in [-0.4, -0.2) is 59.8 Å². The lowest BCUT2D eigenvalue weighted by molar-refractivity contribution is -0.132. The van der Waals surface area contributed by atoms with Crippen LogP contribution in [-0.2, 0) is 14.4 Å². The first-order chi connectivity index (χ1) is 12.8. The fraction of sp³-hybridized carbons (Fsp3) is 0.412. The molecule has 0 aliphatic carbocycles. The topological polar surface area (TPSA) is 108 Å². The van der Waals surface area contributed by atoms with Crippen molar-refractivity contribution in [2.45, 2.75) is 25.9 Å². The summed E-state index contributed by atoms with van der Waals surface area (Å²) >= 11 is 0. The van der Waals surface area contributed by atoms with Gasteiger partial charge in [0.05, 0.1) is 0 Å². The van der Waals surface area contributed by atoms with Crippen LogP contribution in [0.2, 0.25) is 0 Å². The fourth-order valence-electron chi connectivity index (χ4n) is 2.35. The van der Waals surface area contributed by atoms with E-state index in [0.717, 1.165) is 4.90 Å². The molecule has 2 rings (SSSR count). The van der Waals surface area contributed by atoms with E-state index in [1.165, 1.54) is 43.1 Å². The van der Waals surface area contributed by atoms with Gasteiger partial charge in [-0.05, 0) is 37.6 Å². The summed E-state index contributed by atoms with van der Waals surface area (Å²) in [6, 6.07) is 4.79. The predicted octanol–water partition coefficient (Wildman–Crippen LogP) is 0.415. The summed E-state index contributed by atoms with van der Waals surface area (Å²) in [7, 11) is 1.53. The number of hydrogen-bond acceptors (Lipinski definition) is 5. The summed E-state index contributed by atoms with van der Waals surface area (Å²) in [6.45, 7) is 1.65. The van der Waals surface area contributed by atoms with Crippen molar-refractivity contribution in [2.24, 2.45) is 0 Å². The zero-order valence-electron chi connectivity index (χ0n) is 15.0. The lowest BCUT2D eigenvalue weighted by atomic mass is 10.3. The fourth-order valence-corrected chi connectivity index (χ4v) is 2.35. The zero-order valence-corrected chi connectivity index (χ0v) is 15.0. The lowest BCUT2D eigenvalue weighted by Crippen LogP contribution is -2.47. The number of benzene rings is 1. The minimum Gasteiger partial charge on any atom is -0.481 e. The van der Waals surface area contributed by atoms with Gasteiger partial charge in [0.2, 0.25) is 11.8 Å². The second-order valence-electron chi connectivity index (χ2n) is 6.04. The van der Waals surface area contributed by atoms with Gasteiger partial charge in [-0.1, -0.05) is 0 Å². The number of ether oxygens (including phenoxy) is 1. The Balaban J connectivity index is 1.67. The van der Waals surface area contributed by atoms with Gasteiger partial charge in [0, 0.05) is 20.0 Å². The molecule has 0 saturated carbocycles. The molecule has 0 unspecified atom stereocenters. The van der Waals surface area contributed by atoms with Crippen molar-refractivity contribution in [1.29, 1.82) is 0 Å². The average Bonchev–Trinajstić information content (AvgIpc) is 2.87. The molecule has 1 fully saturated rings. The maximum Gasteiger partial charge on any atom is 0.326 e. The maximum absolute atomic E-state index is 12.8. The number of nitrogens with zero attached hydrogens (tertiary/aromatic N) is 2. The Bertz CT molecular complexity index is 725. The van der Waals surface area contributed by atoms with Crippen LogP contribution in [0.1, 0.15) is 19.8 Å². The second-order valence-corrected chi connectivity index (χ2v) is 6.04. The summed E-state index contributed by atoms with van der Waals surface area (Å²) in [6.07, 6.45) is -0.616. The molecule has 0 aromatic heterocycles. The van der Waals surface area contributed by atoms with Crippen LogP contribution < -0.4 is 15.6 Å². The van der Waals surface area contributed by atoms with Gasteiger partial charge in [-0.3, -0.25) is 30.1 Å². The molecule has 5 amide bonds. The minimum absolute atomic E-state index is 0.0221. The highest BCUT2D eigenvalue weighted by Crippen LogP contribution is 2.13. The van der Waals surface area contributed by atoms with Gasteiger partial charge in [-0.15, -0.1) is 0 Å². The van der Waals surface area contributed by atoms with E-state index >= 15 is 0 Å². The van der Waals surface area contributed by atoms with Gasteiger partial charge >= 0.3 is 6.03 Å². The first-order valence-corrected chi connectivity index (χ1v) is 8.34. The third kappa shape index (κ3) is 5.66. The average molecular weight is 380 g/mol. The Morgan fingerprint density at radius 1 is 1.22 bits per heavy atom. The Morgan fingerprint density at radius 2 is 1.89 bits per heavy atom. The van der Waals surface area contributed by atoms with Gasteiger partial charge in [-0.25, -0.2) is 9.18 Å². The quantitative estimate of drug-likeness (QED) is 0.526. The van der Waals surface area contributed by atoms with E-state index in [-0.39, 0.29) is 37.9 Å². The molecule has 1 aliphatic heterocycles. The van der Waals surface area contributed by atoms with Crippen molar-refractivity contribution in [1.82, 2.24) is 20.7 Å². The Hall–Kier alpha value is -3.17. The van der Waals surface area contributed by atoms with Gasteiger partial charge in [0.15, 0.2) is 6.10 Å². The number of amides is 5. The van der Waals surface area contributed by atoms with Gasteiger partial charge in [-0.2, -0.15) is 0 Å². The van der Waals surface area contributed by atoms with Crippen molar-refractivity contribution in [3.63, 3.8) is 0 Å². The van der Waals surface area contributed by atoms with Gasteiger partial charge in [0.1, 0.15) is 18.1 Å². The highest BCUT2D eigenvalue weighted by molar-refractivity contribution is 6.01. The van der Waals surface area contributed by atoms with Crippen molar-refractivity contribution in [3.05, 3.63) is 30.1 Å². The molecule has 146 valence electrons. The van der Waals surface area contributed by atoms with Crippen LogP contribution in [0.4, 0.5) is 9.18 Å². The molecule has 2 N–H and O–H groups in total. The van der Waals surface area contributed by atoms with Crippen molar-refractivity contribution < 1.29 is 28.3 Å². The van der Waals surface area contributed by atoms with E-state index in [2.05, 4.69) is 10.9 Å². The largest absolute Gasteiger partial charge is 0.481 e. The van der Waals surface area contributed by atoms with E-state index in [1.807, 2.05) is 0 Å². The predicted molar refractivity (Wildman–Crippen MR) is 91.7 cm³/mol. The molecule has 9 nitrogen and oxygen atoms in total. The maximum atomic E-state index is 12.8. The van der Waals surface area contributed by atoms with E-state index in [4.69, 9.17) is 4.74 Å².